The molecule has 3 nitrogen and oxygen atoms in total. The van der Waals surface area contributed by atoms with Crippen molar-refractivity contribution in [2.75, 3.05) is 0 Å². The predicted octanol–water partition coefficient (Wildman–Crippen LogP) is 13.6. The Balaban J connectivity index is 0.000000289. The molecule has 0 spiro atoms. The molecule has 5 aromatic carbocycles. The maximum absolute atomic E-state index is 4.63. The van der Waals surface area contributed by atoms with Gasteiger partial charge in [0.2, 0.25) is 0 Å². The topological polar surface area (TPSA) is 38.1 Å². The van der Waals surface area contributed by atoms with Crippen molar-refractivity contribution in [3.05, 3.63) is 196 Å². The van der Waals surface area contributed by atoms with Gasteiger partial charge in [-0.3, -0.25) is 15.0 Å². The number of aromatic nitrogens is 2. The highest BCUT2D eigenvalue weighted by Gasteiger charge is 2.15. The summed E-state index contributed by atoms with van der Waals surface area (Å²) in [5, 5.41) is 7.70. The van der Waals surface area contributed by atoms with Crippen molar-refractivity contribution in [3.8, 4) is 33.5 Å². The molecule has 252 valence electrons. The number of aliphatic imine (C=N–C) groups is 1. The summed E-state index contributed by atoms with van der Waals surface area (Å²) in [6.07, 6.45) is 20.3. The Morgan fingerprint density at radius 3 is 1.76 bits per heavy atom. The molecule has 2 heterocycles. The van der Waals surface area contributed by atoms with Gasteiger partial charge in [-0.15, -0.1) is 13.2 Å². The molecule has 51 heavy (non-hydrogen) atoms. The second-order valence-electron chi connectivity index (χ2n) is 11.3. The Morgan fingerprint density at radius 2 is 1.20 bits per heavy atom. The fraction of sp³-hybridized carbons (Fsp3) is 0.0625. The molecule has 0 N–H and O–H groups in total. The van der Waals surface area contributed by atoms with Crippen molar-refractivity contribution in [1.82, 2.24) is 9.97 Å². The Hall–Kier alpha value is -6.45. The SMILES string of the molecule is C=C.C=C/C(C)=C\N=CC.C=C/C=C\C=C/C.c1ccc(-c2ccc3ccc4c(-c5ccc(-c6ccncc6)cc5)ccc5ccc2c3c54)nc1. The number of allylic oxidation sites excluding steroid dienone is 7. The van der Waals surface area contributed by atoms with E-state index in [2.05, 4.69) is 120 Å². The van der Waals surface area contributed by atoms with Crippen molar-refractivity contribution in [2.24, 2.45) is 4.99 Å². The van der Waals surface area contributed by atoms with Crippen LogP contribution in [0.15, 0.2) is 201 Å². The molecule has 0 unspecified atom stereocenters. The first-order valence-corrected chi connectivity index (χ1v) is 16.9. The molecule has 0 aliphatic rings. The van der Waals surface area contributed by atoms with Gasteiger partial charge in [0.1, 0.15) is 0 Å². The molecule has 0 bridgehead atoms. The van der Waals surface area contributed by atoms with Crippen LogP contribution >= 0.6 is 0 Å². The summed E-state index contributed by atoms with van der Waals surface area (Å²) in [5.41, 5.74) is 8.13. The van der Waals surface area contributed by atoms with E-state index < -0.39 is 0 Å². The third-order valence-corrected chi connectivity index (χ3v) is 8.11. The van der Waals surface area contributed by atoms with E-state index in [0.717, 1.165) is 11.3 Å². The lowest BCUT2D eigenvalue weighted by molar-refractivity contribution is 1.33. The van der Waals surface area contributed by atoms with E-state index in [1.165, 1.54) is 60.1 Å². The monoisotopic (exact) mass is 663 g/mol. The van der Waals surface area contributed by atoms with Crippen LogP contribution in [0.5, 0.6) is 0 Å². The molecule has 0 aliphatic carbocycles. The smallest absolute Gasteiger partial charge is 0.0708 e. The number of benzene rings is 5. The first-order valence-electron chi connectivity index (χ1n) is 16.9. The lowest BCUT2D eigenvalue weighted by Crippen LogP contribution is -1.90. The molecule has 0 fully saturated rings. The Labute approximate surface area is 303 Å². The third kappa shape index (κ3) is 9.38. The van der Waals surface area contributed by atoms with Gasteiger partial charge in [0, 0.05) is 36.6 Å². The average molecular weight is 664 g/mol. The molecule has 0 atom stereocenters. The van der Waals surface area contributed by atoms with Crippen LogP contribution in [-0.4, -0.2) is 16.2 Å². The van der Waals surface area contributed by atoms with Gasteiger partial charge in [-0.25, -0.2) is 0 Å². The van der Waals surface area contributed by atoms with Gasteiger partial charge in [0.25, 0.3) is 0 Å². The molecular formula is C48H45N3. The van der Waals surface area contributed by atoms with Gasteiger partial charge >= 0.3 is 0 Å². The quantitative estimate of drug-likeness (QED) is 0.0737. The molecule has 0 saturated carbocycles. The largest absolute Gasteiger partial charge is 0.269 e. The zero-order valence-electron chi connectivity index (χ0n) is 29.8. The molecular weight excluding hydrogens is 619 g/mol. The minimum absolute atomic E-state index is 1.01. The van der Waals surface area contributed by atoms with Gasteiger partial charge < -0.3 is 0 Å². The van der Waals surface area contributed by atoms with Crippen molar-refractivity contribution >= 4 is 38.5 Å². The van der Waals surface area contributed by atoms with Crippen molar-refractivity contribution in [3.63, 3.8) is 0 Å². The molecule has 2 aromatic heterocycles. The van der Waals surface area contributed by atoms with Crippen LogP contribution in [0.25, 0.3) is 65.8 Å². The molecule has 0 radical (unpaired) electrons. The van der Waals surface area contributed by atoms with Crippen LogP contribution in [0.1, 0.15) is 20.8 Å². The summed E-state index contributed by atoms with van der Waals surface area (Å²) >= 11 is 0. The summed E-state index contributed by atoms with van der Waals surface area (Å²) in [4.78, 5) is 12.6. The van der Waals surface area contributed by atoms with Crippen LogP contribution in [0.3, 0.4) is 0 Å². The normalized spacial score (nSPS) is 11.2. The second kappa shape index (κ2) is 19.5. The van der Waals surface area contributed by atoms with Gasteiger partial charge in [-0.2, -0.15) is 0 Å². The van der Waals surface area contributed by atoms with Crippen molar-refractivity contribution < 1.29 is 0 Å². The number of rotatable bonds is 7. The van der Waals surface area contributed by atoms with Crippen molar-refractivity contribution in [2.45, 2.75) is 20.8 Å². The highest BCUT2D eigenvalue weighted by Crippen LogP contribution is 2.42. The van der Waals surface area contributed by atoms with E-state index in [-0.39, 0.29) is 0 Å². The lowest BCUT2D eigenvalue weighted by Gasteiger charge is -2.16. The summed E-state index contributed by atoms with van der Waals surface area (Å²) < 4.78 is 0. The maximum atomic E-state index is 4.63. The second-order valence-corrected chi connectivity index (χ2v) is 11.3. The number of nitrogens with zero attached hydrogens (tertiary/aromatic N) is 3. The highest BCUT2D eigenvalue weighted by atomic mass is 14.7. The lowest BCUT2D eigenvalue weighted by atomic mass is 9.87. The zero-order chi connectivity index (χ0) is 36.4. The standard InChI is InChI=1S/C32H20N2.C7H11N.C7H10.C2H4/c1-2-18-34-30(3-1)27-13-9-25-10-14-28-26(12-8-24-11-15-29(27)32(25)31(24)28)23-6-4-21(5-7-23)22-16-19-33-20-17-22;1-4-7(3)6-8-5-2;1-3-5-7-6-4-2;1-2/h1-20H;4-6H,1H2,2-3H3;3-7H,1H2,2H3;1-2H2/b;7-6-,8-5?;6-4-,7-5-;. The third-order valence-electron chi connectivity index (χ3n) is 8.11. The highest BCUT2D eigenvalue weighted by molar-refractivity contribution is 6.27. The van der Waals surface area contributed by atoms with Crippen LogP contribution in [-0.2, 0) is 0 Å². The Morgan fingerprint density at radius 1 is 0.608 bits per heavy atom. The number of pyridine rings is 2. The minimum atomic E-state index is 1.01. The van der Waals surface area contributed by atoms with Gasteiger partial charge in [0.05, 0.1) is 5.69 Å². The summed E-state index contributed by atoms with van der Waals surface area (Å²) in [6, 6.07) is 37.0. The van der Waals surface area contributed by atoms with Gasteiger partial charge in [0.15, 0.2) is 0 Å². The molecule has 0 saturated heterocycles. The van der Waals surface area contributed by atoms with E-state index >= 15 is 0 Å². The molecule has 7 rings (SSSR count). The minimum Gasteiger partial charge on any atom is -0.269 e. The van der Waals surface area contributed by atoms with Gasteiger partial charge in [-0.05, 0) is 105 Å². The molecule has 0 aliphatic heterocycles. The summed E-state index contributed by atoms with van der Waals surface area (Å²) in [5.74, 6) is 0. The first kappa shape index (κ1) is 37.4. The summed E-state index contributed by atoms with van der Waals surface area (Å²) in [7, 11) is 0. The number of hydrogen-bond acceptors (Lipinski definition) is 3. The van der Waals surface area contributed by atoms with E-state index in [0.29, 0.717) is 0 Å². The Kier molecular flexibility index (Phi) is 14.3. The average Bonchev–Trinajstić information content (AvgIpc) is 3.21. The summed E-state index contributed by atoms with van der Waals surface area (Å²) in [6.45, 7) is 18.9. The predicted molar refractivity (Wildman–Crippen MR) is 226 cm³/mol. The zero-order valence-corrected chi connectivity index (χ0v) is 29.8. The van der Waals surface area contributed by atoms with Gasteiger partial charge in [-0.1, -0.05) is 128 Å². The molecule has 3 heteroatoms. The first-order chi connectivity index (χ1) is 25.1. The fourth-order valence-electron chi connectivity index (χ4n) is 5.68. The fourth-order valence-corrected chi connectivity index (χ4v) is 5.68. The van der Waals surface area contributed by atoms with Crippen LogP contribution in [0, 0.1) is 0 Å². The van der Waals surface area contributed by atoms with E-state index in [1.807, 2.05) is 87.9 Å². The van der Waals surface area contributed by atoms with Crippen LogP contribution < -0.4 is 0 Å². The maximum Gasteiger partial charge on any atom is 0.0708 e. The molecule has 7 aromatic rings. The molecule has 0 amide bonds. The Bertz CT molecular complexity index is 2270. The van der Waals surface area contributed by atoms with Crippen LogP contribution in [0.2, 0.25) is 0 Å². The number of hydrogen-bond donors (Lipinski definition) is 0. The van der Waals surface area contributed by atoms with Crippen LogP contribution in [0.4, 0.5) is 0 Å². The van der Waals surface area contributed by atoms with E-state index in [4.69, 9.17) is 0 Å². The van der Waals surface area contributed by atoms with Crippen molar-refractivity contribution in [1.29, 1.82) is 0 Å². The van der Waals surface area contributed by atoms with E-state index in [1.54, 1.807) is 24.6 Å². The van der Waals surface area contributed by atoms with E-state index in [9.17, 15) is 0 Å².